The van der Waals surface area contributed by atoms with E-state index in [2.05, 4.69) is 41.9 Å². The quantitative estimate of drug-likeness (QED) is 0.720. The van der Waals surface area contributed by atoms with Crippen molar-refractivity contribution in [3.8, 4) is 0 Å². The molecule has 0 saturated heterocycles. The number of anilines is 3. The van der Waals surface area contributed by atoms with Crippen LogP contribution in [-0.4, -0.2) is 11.0 Å². The molecule has 23 heavy (non-hydrogen) atoms. The highest BCUT2D eigenvalue weighted by Crippen LogP contribution is 2.18. The van der Waals surface area contributed by atoms with Gasteiger partial charge in [0.15, 0.2) is 5.11 Å². The second-order valence-corrected chi connectivity index (χ2v) is 6.02. The highest BCUT2D eigenvalue weighted by atomic mass is 32.1. The molecule has 2 rings (SSSR count). The smallest absolute Gasteiger partial charge is 0.221 e. The third-order valence-electron chi connectivity index (χ3n) is 3.30. The number of benzene rings is 2. The van der Waals surface area contributed by atoms with E-state index in [9.17, 15) is 4.79 Å². The van der Waals surface area contributed by atoms with Gasteiger partial charge in [0, 0.05) is 24.0 Å². The summed E-state index contributed by atoms with van der Waals surface area (Å²) >= 11 is 5.31. The Balaban J connectivity index is 1.92. The first-order valence-electron chi connectivity index (χ1n) is 7.49. The molecule has 5 heteroatoms. The second-order valence-electron chi connectivity index (χ2n) is 5.61. The molecule has 0 aliphatic rings. The van der Waals surface area contributed by atoms with Crippen LogP contribution in [0.4, 0.5) is 17.1 Å². The first-order chi connectivity index (χ1) is 10.9. The van der Waals surface area contributed by atoms with Gasteiger partial charge in [-0.05, 0) is 60.1 Å². The van der Waals surface area contributed by atoms with E-state index in [1.807, 2.05) is 36.4 Å². The fraction of sp³-hybridized carbons (Fsp3) is 0.222. The molecule has 0 spiro atoms. The molecule has 0 saturated carbocycles. The second kappa shape index (κ2) is 7.74. The van der Waals surface area contributed by atoms with Crippen LogP contribution in [0.25, 0.3) is 0 Å². The van der Waals surface area contributed by atoms with Gasteiger partial charge in [-0.15, -0.1) is 0 Å². The molecule has 4 nitrogen and oxygen atoms in total. The molecule has 0 heterocycles. The fourth-order valence-electron chi connectivity index (χ4n) is 2.08. The van der Waals surface area contributed by atoms with Crippen LogP contribution in [0.5, 0.6) is 0 Å². The van der Waals surface area contributed by atoms with E-state index < -0.39 is 0 Å². The van der Waals surface area contributed by atoms with Gasteiger partial charge in [0.05, 0.1) is 0 Å². The zero-order chi connectivity index (χ0) is 16.8. The van der Waals surface area contributed by atoms with Gasteiger partial charge < -0.3 is 16.0 Å². The van der Waals surface area contributed by atoms with Gasteiger partial charge in [-0.2, -0.15) is 0 Å². The molecule has 0 bridgehead atoms. The van der Waals surface area contributed by atoms with Crippen molar-refractivity contribution in [3.05, 3.63) is 54.1 Å². The Kier molecular flexibility index (Phi) is 5.71. The molecule has 2 aromatic rings. The number of thiocarbonyl (C=S) groups is 1. The minimum absolute atomic E-state index is 0.0901. The zero-order valence-corrected chi connectivity index (χ0v) is 14.3. The summed E-state index contributed by atoms with van der Waals surface area (Å²) in [4.78, 5) is 11.0. The Morgan fingerprint density at radius 2 is 1.22 bits per heavy atom. The summed E-state index contributed by atoms with van der Waals surface area (Å²) in [6.07, 6.45) is 0. The number of carbonyl (C=O) groups excluding carboxylic acids is 1. The zero-order valence-electron chi connectivity index (χ0n) is 13.5. The normalized spacial score (nSPS) is 10.3. The van der Waals surface area contributed by atoms with Crippen molar-refractivity contribution < 1.29 is 4.79 Å². The van der Waals surface area contributed by atoms with Gasteiger partial charge in [-0.3, -0.25) is 4.79 Å². The standard InChI is InChI=1S/C18H21N3OS/c1-12(2)14-4-6-16(7-5-14)20-18(23)21-17-10-8-15(9-11-17)19-13(3)22/h4-12H,1-3H3,(H,19,22)(H2,20,21,23). The minimum Gasteiger partial charge on any atom is -0.332 e. The number of rotatable bonds is 4. The highest BCUT2D eigenvalue weighted by molar-refractivity contribution is 7.80. The summed E-state index contributed by atoms with van der Waals surface area (Å²) in [5, 5.41) is 9.52. The van der Waals surface area contributed by atoms with E-state index in [0.29, 0.717) is 11.0 Å². The third-order valence-corrected chi connectivity index (χ3v) is 3.50. The number of nitrogens with one attached hydrogen (secondary N) is 3. The van der Waals surface area contributed by atoms with E-state index in [0.717, 1.165) is 17.1 Å². The Labute approximate surface area is 142 Å². The summed E-state index contributed by atoms with van der Waals surface area (Å²) in [7, 11) is 0. The Morgan fingerprint density at radius 1 is 0.826 bits per heavy atom. The topological polar surface area (TPSA) is 53.2 Å². The van der Waals surface area contributed by atoms with Gasteiger partial charge in [0.1, 0.15) is 0 Å². The lowest BCUT2D eigenvalue weighted by Crippen LogP contribution is -2.19. The third kappa shape index (κ3) is 5.38. The lowest BCUT2D eigenvalue weighted by atomic mass is 10.0. The number of hydrogen-bond donors (Lipinski definition) is 3. The Bertz CT molecular complexity index is 678. The molecular weight excluding hydrogens is 306 g/mol. The molecule has 0 radical (unpaired) electrons. The Hall–Kier alpha value is -2.40. The van der Waals surface area contributed by atoms with Crippen LogP contribution in [0, 0.1) is 0 Å². The van der Waals surface area contributed by atoms with Crippen LogP contribution in [0.15, 0.2) is 48.5 Å². The number of hydrogen-bond acceptors (Lipinski definition) is 2. The van der Waals surface area contributed by atoms with Gasteiger partial charge in [0.25, 0.3) is 0 Å². The predicted octanol–water partition coefficient (Wildman–Crippen LogP) is 4.58. The van der Waals surface area contributed by atoms with Crippen LogP contribution in [-0.2, 0) is 4.79 Å². The summed E-state index contributed by atoms with van der Waals surface area (Å²) in [5.41, 5.74) is 3.85. The van der Waals surface area contributed by atoms with Gasteiger partial charge in [0.2, 0.25) is 5.91 Å². The molecule has 0 aliphatic heterocycles. The molecule has 0 fully saturated rings. The average molecular weight is 327 g/mol. The SMILES string of the molecule is CC(=O)Nc1ccc(NC(=S)Nc2ccc(C(C)C)cc2)cc1. The molecule has 0 aromatic heterocycles. The number of amides is 1. The fourth-order valence-corrected chi connectivity index (χ4v) is 2.32. The lowest BCUT2D eigenvalue weighted by Gasteiger charge is -2.12. The first-order valence-corrected chi connectivity index (χ1v) is 7.90. The summed E-state index contributed by atoms with van der Waals surface area (Å²) in [6, 6.07) is 15.6. The van der Waals surface area contributed by atoms with Crippen LogP contribution in [0.3, 0.4) is 0 Å². The predicted molar refractivity (Wildman–Crippen MR) is 101 cm³/mol. The molecule has 120 valence electrons. The lowest BCUT2D eigenvalue weighted by molar-refractivity contribution is -0.114. The molecular formula is C18H21N3OS. The summed E-state index contributed by atoms with van der Waals surface area (Å²) in [5.74, 6) is 0.420. The highest BCUT2D eigenvalue weighted by Gasteiger charge is 2.02. The van der Waals surface area contributed by atoms with Crippen molar-refractivity contribution in [2.24, 2.45) is 0 Å². The van der Waals surface area contributed by atoms with E-state index in [1.165, 1.54) is 12.5 Å². The molecule has 2 aromatic carbocycles. The molecule has 0 atom stereocenters. The maximum atomic E-state index is 11.0. The monoisotopic (exact) mass is 327 g/mol. The molecule has 1 amide bonds. The number of carbonyl (C=O) groups is 1. The molecule has 0 aliphatic carbocycles. The van der Waals surface area contributed by atoms with Crippen molar-refractivity contribution in [2.75, 3.05) is 16.0 Å². The summed E-state index contributed by atoms with van der Waals surface area (Å²) in [6.45, 7) is 5.81. The van der Waals surface area contributed by atoms with Gasteiger partial charge in [-0.1, -0.05) is 26.0 Å². The maximum Gasteiger partial charge on any atom is 0.221 e. The van der Waals surface area contributed by atoms with E-state index >= 15 is 0 Å². The first kappa shape index (κ1) is 17.0. The van der Waals surface area contributed by atoms with Crippen LogP contribution < -0.4 is 16.0 Å². The maximum absolute atomic E-state index is 11.0. The largest absolute Gasteiger partial charge is 0.332 e. The molecule has 3 N–H and O–H groups in total. The van der Waals surface area contributed by atoms with E-state index in [-0.39, 0.29) is 5.91 Å². The van der Waals surface area contributed by atoms with E-state index in [1.54, 1.807) is 0 Å². The van der Waals surface area contributed by atoms with Crippen molar-refractivity contribution in [1.82, 2.24) is 0 Å². The average Bonchev–Trinajstić information content (AvgIpc) is 2.49. The van der Waals surface area contributed by atoms with Crippen LogP contribution in [0.2, 0.25) is 0 Å². The van der Waals surface area contributed by atoms with Crippen LogP contribution >= 0.6 is 12.2 Å². The minimum atomic E-state index is -0.0901. The van der Waals surface area contributed by atoms with Crippen molar-refractivity contribution in [1.29, 1.82) is 0 Å². The van der Waals surface area contributed by atoms with Gasteiger partial charge >= 0.3 is 0 Å². The van der Waals surface area contributed by atoms with Crippen molar-refractivity contribution in [3.63, 3.8) is 0 Å². The van der Waals surface area contributed by atoms with Crippen LogP contribution in [0.1, 0.15) is 32.3 Å². The van der Waals surface area contributed by atoms with E-state index in [4.69, 9.17) is 12.2 Å². The van der Waals surface area contributed by atoms with Crippen molar-refractivity contribution >= 4 is 40.3 Å². The van der Waals surface area contributed by atoms with Crippen molar-refractivity contribution in [2.45, 2.75) is 26.7 Å². The van der Waals surface area contributed by atoms with Gasteiger partial charge in [-0.25, -0.2) is 0 Å². The molecule has 0 unspecified atom stereocenters. The summed E-state index contributed by atoms with van der Waals surface area (Å²) < 4.78 is 0. The Morgan fingerprint density at radius 3 is 1.61 bits per heavy atom.